The first-order valence-electron chi connectivity index (χ1n) is 12.7. The average molecular weight is 499 g/mol. The van der Waals surface area contributed by atoms with E-state index in [0.29, 0.717) is 36.3 Å². The number of aliphatic hydroxyl groups excluding tert-OH is 1. The number of hydrogen-bond donors (Lipinski definition) is 2. The number of carbonyl (C=O) groups is 1. The minimum atomic E-state index is -0.662. The number of hydrogen-bond acceptors (Lipinski definition) is 6. The molecule has 0 bridgehead atoms. The van der Waals surface area contributed by atoms with E-state index >= 15 is 0 Å². The molecular weight excluding hydrogens is 468 g/mol. The maximum Gasteiger partial charge on any atom is 0.258 e. The molecule has 3 heterocycles. The summed E-state index contributed by atoms with van der Waals surface area (Å²) in [7, 11) is 0. The number of aliphatic hydroxyl groups is 1. The highest BCUT2D eigenvalue weighted by atomic mass is 16.3. The van der Waals surface area contributed by atoms with Crippen LogP contribution in [-0.2, 0) is 24.2 Å². The number of aromatic nitrogens is 4. The zero-order chi connectivity index (χ0) is 25.9. The molecule has 0 saturated heterocycles. The van der Waals surface area contributed by atoms with Crippen LogP contribution in [-0.4, -0.2) is 42.0 Å². The van der Waals surface area contributed by atoms with Gasteiger partial charge in [-0.25, -0.2) is 9.94 Å². The summed E-state index contributed by atoms with van der Waals surface area (Å²) in [5, 5.41) is 19.0. The molecule has 0 spiro atoms. The lowest BCUT2D eigenvalue weighted by molar-refractivity contribution is -0.119. The first kappa shape index (κ1) is 24.6. The Kier molecular flexibility index (Phi) is 6.96. The predicted octanol–water partition coefficient (Wildman–Crippen LogP) is 3.10. The topological polar surface area (TPSA) is 114 Å². The fraction of sp³-hybridized carbons (Fsp3) is 0.321. The first-order chi connectivity index (χ1) is 18.0. The number of hydrazone groups is 1. The number of rotatable bonds is 9. The molecule has 2 N–H and O–H groups in total. The number of aryl methyl sites for hydroxylation is 1. The summed E-state index contributed by atoms with van der Waals surface area (Å²) >= 11 is 0. The molecule has 9 nitrogen and oxygen atoms in total. The van der Waals surface area contributed by atoms with Crippen LogP contribution in [0.4, 0.5) is 0 Å². The van der Waals surface area contributed by atoms with Crippen LogP contribution >= 0.6 is 0 Å². The van der Waals surface area contributed by atoms with Crippen LogP contribution in [0.3, 0.4) is 0 Å². The number of nitrogens with zero attached hydrogens (tertiary/aromatic N) is 5. The van der Waals surface area contributed by atoms with Crippen molar-refractivity contribution >= 4 is 17.4 Å². The molecule has 190 valence electrons. The van der Waals surface area contributed by atoms with E-state index in [-0.39, 0.29) is 24.4 Å². The monoisotopic (exact) mass is 498 g/mol. The molecule has 9 heteroatoms. The van der Waals surface area contributed by atoms with Gasteiger partial charge in [-0.2, -0.15) is 15.2 Å². The van der Waals surface area contributed by atoms with E-state index in [0.717, 1.165) is 34.4 Å². The Balaban J connectivity index is 1.64. The van der Waals surface area contributed by atoms with Crippen molar-refractivity contribution in [1.29, 1.82) is 0 Å². The molecule has 1 aliphatic rings. The van der Waals surface area contributed by atoms with Gasteiger partial charge in [0.25, 0.3) is 5.56 Å². The predicted molar refractivity (Wildman–Crippen MR) is 142 cm³/mol. The molecule has 0 fully saturated rings. The third-order valence-corrected chi connectivity index (χ3v) is 6.73. The van der Waals surface area contributed by atoms with Crippen LogP contribution in [0.5, 0.6) is 0 Å². The van der Waals surface area contributed by atoms with Gasteiger partial charge >= 0.3 is 0 Å². The van der Waals surface area contributed by atoms with Gasteiger partial charge in [0.15, 0.2) is 0 Å². The van der Waals surface area contributed by atoms with E-state index in [2.05, 4.69) is 27.5 Å². The van der Waals surface area contributed by atoms with Crippen molar-refractivity contribution < 1.29 is 9.90 Å². The highest BCUT2D eigenvalue weighted by Gasteiger charge is 2.23. The van der Waals surface area contributed by atoms with E-state index < -0.39 is 6.10 Å². The third kappa shape index (κ3) is 4.82. The van der Waals surface area contributed by atoms with E-state index in [9.17, 15) is 14.7 Å². The highest BCUT2D eigenvalue weighted by molar-refractivity contribution is 6.16. The minimum Gasteiger partial charge on any atom is -0.391 e. The minimum absolute atomic E-state index is 0.140. The number of fused-ring (bicyclic) bond motifs is 1. The summed E-state index contributed by atoms with van der Waals surface area (Å²) < 4.78 is 3.25. The van der Waals surface area contributed by atoms with E-state index in [1.807, 2.05) is 55.5 Å². The number of amides is 1. The van der Waals surface area contributed by atoms with Gasteiger partial charge in [0.2, 0.25) is 11.7 Å². The van der Waals surface area contributed by atoms with Gasteiger partial charge in [0.1, 0.15) is 6.33 Å². The summed E-state index contributed by atoms with van der Waals surface area (Å²) in [5.74, 6) is 0.299. The second kappa shape index (κ2) is 10.5. The standard InChI is InChI=1S/C28H30N6O3/c1-3-8-25-23(27(37)33(16-20(35)4-2)28-29-17-30-34(25)28)14-18-11-12-21(19-9-6-5-7-10-19)22(13-18)24-15-26(36)32-31-24/h5-7,9-13,17,20,35H,3-4,8,14-16H2,1-2H3,(H,32,36). The van der Waals surface area contributed by atoms with Gasteiger partial charge in [0, 0.05) is 17.5 Å². The van der Waals surface area contributed by atoms with Crippen molar-refractivity contribution in [3.63, 3.8) is 0 Å². The van der Waals surface area contributed by atoms with Gasteiger partial charge in [0.05, 0.1) is 30.5 Å². The highest BCUT2D eigenvalue weighted by Crippen LogP contribution is 2.28. The SMILES string of the molecule is CCCc1c(Cc2ccc(-c3ccccc3)c(C3=NNC(=O)C3)c2)c(=O)n(CC(O)CC)c2ncnn12. The van der Waals surface area contributed by atoms with Crippen molar-refractivity contribution in [3.8, 4) is 11.1 Å². The Morgan fingerprint density at radius 3 is 2.59 bits per heavy atom. The molecule has 0 saturated carbocycles. The van der Waals surface area contributed by atoms with Crippen molar-refractivity contribution in [2.45, 2.75) is 58.6 Å². The van der Waals surface area contributed by atoms with Crippen LogP contribution < -0.4 is 11.0 Å². The van der Waals surface area contributed by atoms with Crippen molar-refractivity contribution in [2.75, 3.05) is 0 Å². The molecule has 0 radical (unpaired) electrons. The maximum atomic E-state index is 13.8. The molecule has 1 amide bonds. The fourth-order valence-corrected chi connectivity index (χ4v) is 4.82. The van der Waals surface area contributed by atoms with E-state index in [4.69, 9.17) is 0 Å². The fourth-order valence-electron chi connectivity index (χ4n) is 4.82. The normalized spacial score (nSPS) is 14.1. The van der Waals surface area contributed by atoms with Gasteiger partial charge in [-0.1, -0.05) is 62.7 Å². The lowest BCUT2D eigenvalue weighted by Gasteiger charge is -2.18. The van der Waals surface area contributed by atoms with Crippen LogP contribution in [0.1, 0.15) is 55.5 Å². The molecule has 5 rings (SSSR count). The quantitative estimate of drug-likeness (QED) is 0.368. The maximum absolute atomic E-state index is 13.8. The number of carbonyl (C=O) groups excluding carboxylic acids is 1. The third-order valence-electron chi connectivity index (χ3n) is 6.73. The zero-order valence-corrected chi connectivity index (χ0v) is 21.0. The van der Waals surface area contributed by atoms with E-state index in [1.54, 1.807) is 4.52 Å². The molecule has 1 aliphatic heterocycles. The Labute approximate surface area is 214 Å². The smallest absolute Gasteiger partial charge is 0.258 e. The Hall–Kier alpha value is -4.11. The lowest BCUT2D eigenvalue weighted by atomic mass is 9.91. The summed E-state index contributed by atoms with van der Waals surface area (Å²) in [6.45, 7) is 4.10. The number of benzene rings is 2. The van der Waals surface area contributed by atoms with Crippen molar-refractivity contribution in [1.82, 2.24) is 24.6 Å². The van der Waals surface area contributed by atoms with Crippen LogP contribution in [0, 0.1) is 0 Å². The second-order valence-electron chi connectivity index (χ2n) is 9.32. The van der Waals surface area contributed by atoms with Gasteiger partial charge in [-0.05, 0) is 35.6 Å². The van der Waals surface area contributed by atoms with Crippen LogP contribution in [0.25, 0.3) is 16.9 Å². The summed E-state index contributed by atoms with van der Waals surface area (Å²) in [6.07, 6.45) is 3.40. The molecule has 2 aromatic carbocycles. The van der Waals surface area contributed by atoms with Crippen LogP contribution in [0.2, 0.25) is 0 Å². The van der Waals surface area contributed by atoms with Gasteiger partial charge < -0.3 is 5.11 Å². The Bertz CT molecular complexity index is 1540. The zero-order valence-electron chi connectivity index (χ0n) is 21.0. The summed E-state index contributed by atoms with van der Waals surface area (Å²) in [6, 6.07) is 16.0. The largest absolute Gasteiger partial charge is 0.391 e. The second-order valence-corrected chi connectivity index (χ2v) is 9.32. The Morgan fingerprint density at radius 1 is 1.08 bits per heavy atom. The van der Waals surface area contributed by atoms with Crippen molar-refractivity contribution in [3.05, 3.63) is 87.6 Å². The molecule has 4 aromatic rings. The summed E-state index contributed by atoms with van der Waals surface area (Å²) in [5.41, 5.74) is 8.30. The van der Waals surface area contributed by atoms with Gasteiger partial charge in [-0.15, -0.1) is 0 Å². The first-order valence-corrected chi connectivity index (χ1v) is 12.7. The number of nitrogens with one attached hydrogen (secondary N) is 1. The van der Waals surface area contributed by atoms with E-state index in [1.165, 1.54) is 10.9 Å². The van der Waals surface area contributed by atoms with Crippen molar-refractivity contribution in [2.24, 2.45) is 5.10 Å². The molecule has 1 atom stereocenters. The average Bonchev–Trinajstić information content (AvgIpc) is 3.58. The molecular formula is C28H30N6O3. The summed E-state index contributed by atoms with van der Waals surface area (Å²) in [4.78, 5) is 30.1. The molecule has 37 heavy (non-hydrogen) atoms. The lowest BCUT2D eigenvalue weighted by Crippen LogP contribution is -2.33. The Morgan fingerprint density at radius 2 is 1.89 bits per heavy atom. The van der Waals surface area contributed by atoms with Crippen LogP contribution in [0.15, 0.2) is 64.8 Å². The molecule has 0 aliphatic carbocycles. The molecule has 2 aromatic heterocycles. The molecule has 1 unspecified atom stereocenters. The van der Waals surface area contributed by atoms with Gasteiger partial charge in [-0.3, -0.25) is 14.2 Å².